The normalized spacial score (nSPS) is 12.2. The van der Waals surface area contributed by atoms with Crippen LogP contribution in [-0.4, -0.2) is 98.7 Å². The second kappa shape index (κ2) is 37.0. The van der Waals surface area contributed by atoms with Gasteiger partial charge in [-0.2, -0.15) is 0 Å². The standard InChI is InChI=1S/4C15H21N3O.2ClH.Rh/c4*1-11(5-3-7-16)18-14-10-13(19-2)9-12-6-4-8-17-15(12)14;;;/h4*4,6,8-11,18H,3,5,7,16H2,1-2H3;2*1H;/q;;;;;;+3/p-2. The van der Waals surface area contributed by atoms with Gasteiger partial charge in [0.25, 0.3) is 0 Å². The zero-order valence-electron chi connectivity index (χ0n) is 47.2. The van der Waals surface area contributed by atoms with E-state index in [1.54, 1.807) is 28.4 Å². The molecule has 4 aromatic heterocycles. The zero-order valence-corrected chi connectivity index (χ0v) is 50.3. The molecule has 0 aliphatic carbocycles. The van der Waals surface area contributed by atoms with Crippen molar-refractivity contribution < 1.29 is 34.1 Å². The molecule has 4 atom stereocenters. The average molecular weight is 1210 g/mol. The molecule has 19 heteroatoms. The summed E-state index contributed by atoms with van der Waals surface area (Å²) in [6, 6.07) is 33.3. The van der Waals surface area contributed by atoms with Gasteiger partial charge in [0.1, 0.15) is 23.0 Å². The number of nitrogens with zero attached hydrogens (tertiary/aromatic N) is 4. The fourth-order valence-electron chi connectivity index (χ4n) is 8.62. The van der Waals surface area contributed by atoms with Crippen LogP contribution in [0.15, 0.2) is 122 Å². The van der Waals surface area contributed by atoms with Crippen LogP contribution in [0.1, 0.15) is 79.1 Å². The molecular formula is C60H84Cl2N12O4Rh+. The summed E-state index contributed by atoms with van der Waals surface area (Å²) >= 11 is -0.226. The van der Waals surface area contributed by atoms with Crippen molar-refractivity contribution in [2.75, 3.05) is 75.9 Å². The van der Waals surface area contributed by atoms with Crippen LogP contribution in [0.5, 0.6) is 23.0 Å². The number of nitrogens with two attached hydrogens (primary N) is 4. The van der Waals surface area contributed by atoms with Gasteiger partial charge >= 0.3 is 34.5 Å². The molecule has 8 aromatic rings. The first kappa shape index (κ1) is 65.5. The Morgan fingerprint density at radius 2 is 0.595 bits per heavy atom. The van der Waals surface area contributed by atoms with Crippen molar-refractivity contribution in [1.82, 2.24) is 19.9 Å². The van der Waals surface area contributed by atoms with Crippen LogP contribution >= 0.6 is 19.4 Å². The minimum atomic E-state index is -0.226. The van der Waals surface area contributed by atoms with Gasteiger partial charge in [0.05, 0.1) is 73.3 Å². The molecule has 430 valence electrons. The third-order valence-electron chi connectivity index (χ3n) is 12.6. The van der Waals surface area contributed by atoms with Crippen LogP contribution in [0, 0.1) is 0 Å². The Bertz CT molecular complexity index is 2600. The van der Waals surface area contributed by atoms with E-state index in [-0.39, 0.29) is 15.1 Å². The van der Waals surface area contributed by atoms with E-state index in [2.05, 4.69) is 68.9 Å². The van der Waals surface area contributed by atoms with Gasteiger partial charge < -0.3 is 63.1 Å². The van der Waals surface area contributed by atoms with Crippen molar-refractivity contribution in [2.24, 2.45) is 22.9 Å². The van der Waals surface area contributed by atoms with Crippen LogP contribution in [0.3, 0.4) is 0 Å². The molecule has 16 nitrogen and oxygen atoms in total. The topological polar surface area (TPSA) is 241 Å². The molecule has 0 amide bonds. The van der Waals surface area contributed by atoms with Crippen LogP contribution in [0.4, 0.5) is 22.7 Å². The number of methoxy groups -OCH3 is 4. The first-order chi connectivity index (χ1) is 38.4. The number of hydrogen-bond donors (Lipinski definition) is 8. The Labute approximate surface area is 483 Å². The monoisotopic (exact) mass is 1210 g/mol. The van der Waals surface area contributed by atoms with Gasteiger partial charge in [0.2, 0.25) is 0 Å². The minimum absolute atomic E-state index is 0.226. The van der Waals surface area contributed by atoms with Crippen molar-refractivity contribution in [1.29, 1.82) is 0 Å². The average Bonchev–Trinajstić information content (AvgIpc) is 3.49. The molecule has 4 aromatic carbocycles. The predicted molar refractivity (Wildman–Crippen MR) is 330 cm³/mol. The Balaban J connectivity index is 0.000000223. The summed E-state index contributed by atoms with van der Waals surface area (Å²) in [5.74, 6) is 3.37. The molecule has 4 heterocycles. The molecule has 4 unspecified atom stereocenters. The number of anilines is 4. The summed E-state index contributed by atoms with van der Waals surface area (Å²) in [6.45, 7) is 11.5. The summed E-state index contributed by atoms with van der Waals surface area (Å²) < 4.78 is 21.4. The van der Waals surface area contributed by atoms with Gasteiger partial charge in [-0.1, -0.05) is 24.3 Å². The Morgan fingerprint density at radius 1 is 0.392 bits per heavy atom. The van der Waals surface area contributed by atoms with Gasteiger partial charge in [0.15, 0.2) is 0 Å². The third-order valence-corrected chi connectivity index (χ3v) is 12.6. The fraction of sp³-hybridized carbons (Fsp3) is 0.400. The quantitative estimate of drug-likeness (QED) is 0.0262. The second-order valence-corrected chi connectivity index (χ2v) is 21.4. The van der Waals surface area contributed by atoms with Crippen LogP contribution in [0.2, 0.25) is 0 Å². The number of fused-ring (bicyclic) bond motifs is 4. The van der Waals surface area contributed by atoms with Gasteiger partial charge in [-0.3, -0.25) is 19.9 Å². The van der Waals surface area contributed by atoms with E-state index in [4.69, 9.17) is 61.3 Å². The first-order valence-corrected chi connectivity index (χ1v) is 31.0. The van der Waals surface area contributed by atoms with Gasteiger partial charge in [-0.25, -0.2) is 0 Å². The maximum atomic E-state index is 5.55. The van der Waals surface area contributed by atoms with Gasteiger partial charge in [-0.05, 0) is 154 Å². The fourth-order valence-corrected chi connectivity index (χ4v) is 8.62. The van der Waals surface area contributed by atoms with E-state index in [9.17, 15) is 0 Å². The molecule has 0 aliphatic rings. The van der Waals surface area contributed by atoms with Gasteiger partial charge in [0, 0.05) is 94.8 Å². The van der Waals surface area contributed by atoms with Crippen molar-refractivity contribution in [3.05, 3.63) is 122 Å². The Kier molecular flexibility index (Phi) is 30.7. The number of benzene rings is 4. The number of pyridine rings is 4. The van der Waals surface area contributed by atoms with Crippen LogP contribution < -0.4 is 63.1 Å². The summed E-state index contributed by atoms with van der Waals surface area (Å²) in [6.07, 6.45) is 15.5. The van der Waals surface area contributed by atoms with Crippen LogP contribution in [0.25, 0.3) is 43.6 Å². The summed E-state index contributed by atoms with van der Waals surface area (Å²) in [5, 5.41) is 18.3. The molecule has 0 bridgehead atoms. The van der Waals surface area contributed by atoms with Gasteiger partial charge in [-0.15, -0.1) is 0 Å². The third kappa shape index (κ3) is 22.2. The first-order valence-electron chi connectivity index (χ1n) is 26.8. The SMILES string of the molecule is COc1cc(NC(C)CCCN)c2ncccc2c1.COc1cc(NC(C)CCCN)c2ncccc2c1.COc1cc(NC(C)CCCN)c2ncccc2c1.COc1cc(NC(C)CCCN)c2ncccc2c1.[Cl][Rh+][Cl]. The Hall–Kier alpha value is -6.04. The molecule has 12 N–H and O–H groups in total. The number of ether oxygens (including phenoxy) is 4. The van der Waals surface area contributed by atoms with E-state index < -0.39 is 0 Å². The van der Waals surface area contributed by atoms with Crippen molar-refractivity contribution in [3.63, 3.8) is 0 Å². The number of rotatable bonds is 24. The summed E-state index contributed by atoms with van der Waals surface area (Å²) in [7, 11) is 16.4. The Morgan fingerprint density at radius 3 is 0.772 bits per heavy atom. The molecule has 8 rings (SSSR count). The summed E-state index contributed by atoms with van der Waals surface area (Å²) in [5.41, 5.74) is 30.1. The van der Waals surface area contributed by atoms with E-state index >= 15 is 0 Å². The maximum absolute atomic E-state index is 5.55. The molecule has 0 radical (unpaired) electrons. The zero-order chi connectivity index (χ0) is 57.4. The molecular weight excluding hydrogens is 1130 g/mol. The number of aromatic nitrogens is 4. The predicted octanol–water partition coefficient (Wildman–Crippen LogP) is 12.5. The van der Waals surface area contributed by atoms with E-state index in [0.717, 1.165) is 167 Å². The van der Waals surface area contributed by atoms with Crippen molar-refractivity contribution in [2.45, 2.75) is 103 Å². The molecule has 0 saturated carbocycles. The van der Waals surface area contributed by atoms with Crippen molar-refractivity contribution >= 4 is 85.7 Å². The number of nitrogens with one attached hydrogen (secondary N) is 4. The van der Waals surface area contributed by atoms with E-state index in [0.29, 0.717) is 24.2 Å². The molecule has 0 aliphatic heterocycles. The van der Waals surface area contributed by atoms with E-state index in [1.807, 2.05) is 122 Å². The van der Waals surface area contributed by atoms with Crippen LogP contribution in [-0.2, 0) is 15.1 Å². The molecule has 0 saturated heterocycles. The molecule has 0 spiro atoms. The summed E-state index contributed by atoms with van der Waals surface area (Å²) in [4.78, 5) is 17.8. The number of halogens is 2. The molecule has 79 heavy (non-hydrogen) atoms. The second-order valence-electron chi connectivity index (χ2n) is 19.0. The van der Waals surface area contributed by atoms with E-state index in [1.165, 1.54) is 0 Å². The van der Waals surface area contributed by atoms with Crippen molar-refractivity contribution in [3.8, 4) is 23.0 Å². The molecule has 0 fully saturated rings. The number of hydrogen-bond acceptors (Lipinski definition) is 16.